The van der Waals surface area contributed by atoms with Crippen LogP contribution in [0.25, 0.3) is 0 Å². The third-order valence-corrected chi connectivity index (χ3v) is 3.63. The first-order valence-electron chi connectivity index (χ1n) is 6.48. The average molecular weight is 259 g/mol. The molecule has 100 valence electrons. The Hall–Kier alpha value is -0.260. The SMILES string of the molecule is CC(C)NC(=O)CCNCCN1CCSCC1. The number of rotatable bonds is 7. The van der Waals surface area contributed by atoms with Gasteiger partial charge in [0, 0.05) is 56.7 Å². The molecular formula is C12H25N3OS. The Bertz CT molecular complexity index is 218. The van der Waals surface area contributed by atoms with Gasteiger partial charge in [0.05, 0.1) is 0 Å². The van der Waals surface area contributed by atoms with E-state index in [0.29, 0.717) is 6.42 Å². The molecule has 1 fully saturated rings. The molecule has 0 radical (unpaired) electrons. The fourth-order valence-corrected chi connectivity index (χ4v) is 2.76. The summed E-state index contributed by atoms with van der Waals surface area (Å²) in [6.07, 6.45) is 0.577. The molecule has 1 aliphatic heterocycles. The number of thioether (sulfide) groups is 1. The van der Waals surface area contributed by atoms with Crippen LogP contribution in [-0.4, -0.2) is 61.1 Å². The largest absolute Gasteiger partial charge is 0.354 e. The fourth-order valence-electron chi connectivity index (χ4n) is 1.78. The number of amides is 1. The molecule has 1 saturated heterocycles. The van der Waals surface area contributed by atoms with Gasteiger partial charge >= 0.3 is 0 Å². The molecule has 1 amide bonds. The van der Waals surface area contributed by atoms with Crippen LogP contribution in [0.5, 0.6) is 0 Å². The Morgan fingerprint density at radius 3 is 2.65 bits per heavy atom. The second kappa shape index (κ2) is 8.78. The molecule has 0 aromatic rings. The number of carbonyl (C=O) groups excluding carboxylic acids is 1. The van der Waals surface area contributed by atoms with Crippen LogP contribution in [0.2, 0.25) is 0 Å². The third-order valence-electron chi connectivity index (χ3n) is 2.69. The summed E-state index contributed by atoms with van der Waals surface area (Å²) in [4.78, 5) is 13.8. The average Bonchev–Trinajstić information content (AvgIpc) is 2.29. The Labute approximate surface area is 109 Å². The van der Waals surface area contributed by atoms with Gasteiger partial charge in [0.15, 0.2) is 0 Å². The lowest BCUT2D eigenvalue weighted by atomic mass is 10.3. The summed E-state index contributed by atoms with van der Waals surface area (Å²) in [7, 11) is 0. The maximum atomic E-state index is 11.4. The Kier molecular flexibility index (Phi) is 7.64. The zero-order valence-corrected chi connectivity index (χ0v) is 11.8. The molecule has 0 aromatic heterocycles. The minimum atomic E-state index is 0.141. The minimum Gasteiger partial charge on any atom is -0.354 e. The van der Waals surface area contributed by atoms with Gasteiger partial charge in [-0.3, -0.25) is 4.79 Å². The predicted octanol–water partition coefficient (Wildman–Crippen LogP) is 0.540. The lowest BCUT2D eigenvalue weighted by Gasteiger charge is -2.26. The molecular weight excluding hydrogens is 234 g/mol. The van der Waals surface area contributed by atoms with E-state index in [2.05, 4.69) is 15.5 Å². The van der Waals surface area contributed by atoms with Crippen molar-refractivity contribution < 1.29 is 4.79 Å². The number of nitrogens with zero attached hydrogens (tertiary/aromatic N) is 1. The summed E-state index contributed by atoms with van der Waals surface area (Å²) in [5.74, 6) is 2.66. The summed E-state index contributed by atoms with van der Waals surface area (Å²) >= 11 is 2.04. The highest BCUT2D eigenvalue weighted by Gasteiger charge is 2.09. The molecule has 17 heavy (non-hydrogen) atoms. The van der Waals surface area contributed by atoms with Gasteiger partial charge in [-0.15, -0.1) is 0 Å². The van der Waals surface area contributed by atoms with E-state index in [9.17, 15) is 4.79 Å². The van der Waals surface area contributed by atoms with Crippen LogP contribution in [0, 0.1) is 0 Å². The standard InChI is InChI=1S/C12H25N3OS/c1-11(2)14-12(16)3-4-13-5-6-15-7-9-17-10-8-15/h11,13H,3-10H2,1-2H3,(H,14,16). The number of hydrogen-bond acceptors (Lipinski definition) is 4. The maximum Gasteiger partial charge on any atom is 0.221 e. The van der Waals surface area contributed by atoms with Crippen molar-refractivity contribution in [3.05, 3.63) is 0 Å². The smallest absolute Gasteiger partial charge is 0.221 e. The predicted molar refractivity (Wildman–Crippen MR) is 74.5 cm³/mol. The number of hydrogen-bond donors (Lipinski definition) is 2. The first-order valence-corrected chi connectivity index (χ1v) is 7.64. The fraction of sp³-hybridized carbons (Fsp3) is 0.917. The summed E-state index contributed by atoms with van der Waals surface area (Å²) < 4.78 is 0. The van der Waals surface area contributed by atoms with Gasteiger partial charge in [-0.1, -0.05) is 0 Å². The molecule has 0 aliphatic carbocycles. The van der Waals surface area contributed by atoms with E-state index in [1.807, 2.05) is 25.6 Å². The molecule has 1 aliphatic rings. The van der Waals surface area contributed by atoms with Crippen LogP contribution in [0.1, 0.15) is 20.3 Å². The summed E-state index contributed by atoms with van der Waals surface area (Å²) in [5, 5.41) is 6.22. The zero-order chi connectivity index (χ0) is 12.5. The molecule has 0 bridgehead atoms. The van der Waals surface area contributed by atoms with Gasteiger partial charge in [0.1, 0.15) is 0 Å². The van der Waals surface area contributed by atoms with Gasteiger partial charge in [0.25, 0.3) is 0 Å². The van der Waals surface area contributed by atoms with E-state index >= 15 is 0 Å². The molecule has 0 atom stereocenters. The topological polar surface area (TPSA) is 44.4 Å². The van der Waals surface area contributed by atoms with Crippen molar-refractivity contribution in [3.8, 4) is 0 Å². The maximum absolute atomic E-state index is 11.4. The van der Waals surface area contributed by atoms with Crippen LogP contribution in [0.4, 0.5) is 0 Å². The molecule has 0 aromatic carbocycles. The number of nitrogens with one attached hydrogen (secondary N) is 2. The summed E-state index contributed by atoms with van der Waals surface area (Å²) in [6, 6.07) is 0.244. The lowest BCUT2D eigenvalue weighted by Crippen LogP contribution is -2.38. The molecule has 1 heterocycles. The Balaban J connectivity index is 1.91. The van der Waals surface area contributed by atoms with E-state index in [0.717, 1.165) is 19.6 Å². The first kappa shape index (κ1) is 14.8. The molecule has 1 rings (SSSR count). The zero-order valence-electron chi connectivity index (χ0n) is 11.0. The Morgan fingerprint density at radius 1 is 1.29 bits per heavy atom. The van der Waals surface area contributed by atoms with Crippen molar-refractivity contribution >= 4 is 17.7 Å². The Morgan fingerprint density at radius 2 is 2.00 bits per heavy atom. The van der Waals surface area contributed by atoms with Gasteiger partial charge in [-0.25, -0.2) is 0 Å². The molecule has 2 N–H and O–H groups in total. The van der Waals surface area contributed by atoms with Crippen molar-refractivity contribution in [2.75, 3.05) is 44.2 Å². The van der Waals surface area contributed by atoms with Crippen molar-refractivity contribution in [3.63, 3.8) is 0 Å². The van der Waals surface area contributed by atoms with Crippen molar-refractivity contribution in [1.29, 1.82) is 0 Å². The first-order chi connectivity index (χ1) is 8.18. The second-order valence-electron chi connectivity index (χ2n) is 4.68. The second-order valence-corrected chi connectivity index (χ2v) is 5.90. The molecule has 5 heteroatoms. The molecule has 0 unspecified atom stereocenters. The molecule has 0 spiro atoms. The van der Waals surface area contributed by atoms with E-state index < -0.39 is 0 Å². The van der Waals surface area contributed by atoms with E-state index in [1.165, 1.54) is 24.6 Å². The van der Waals surface area contributed by atoms with Gasteiger partial charge in [-0.2, -0.15) is 11.8 Å². The summed E-state index contributed by atoms with van der Waals surface area (Å²) in [6.45, 7) is 9.26. The van der Waals surface area contributed by atoms with Gasteiger partial charge in [0.2, 0.25) is 5.91 Å². The highest BCUT2D eigenvalue weighted by Crippen LogP contribution is 2.07. The van der Waals surface area contributed by atoms with Gasteiger partial charge < -0.3 is 15.5 Å². The van der Waals surface area contributed by atoms with Crippen molar-refractivity contribution in [2.24, 2.45) is 0 Å². The van der Waals surface area contributed by atoms with Crippen molar-refractivity contribution in [1.82, 2.24) is 15.5 Å². The van der Waals surface area contributed by atoms with Crippen LogP contribution in [0.3, 0.4) is 0 Å². The number of carbonyl (C=O) groups is 1. The lowest BCUT2D eigenvalue weighted by molar-refractivity contribution is -0.121. The summed E-state index contributed by atoms with van der Waals surface area (Å²) in [5.41, 5.74) is 0. The normalized spacial score (nSPS) is 17.4. The van der Waals surface area contributed by atoms with E-state index in [1.54, 1.807) is 0 Å². The van der Waals surface area contributed by atoms with Crippen LogP contribution in [-0.2, 0) is 4.79 Å². The molecule has 4 nitrogen and oxygen atoms in total. The molecule has 0 saturated carbocycles. The quantitative estimate of drug-likeness (QED) is 0.655. The third kappa shape index (κ3) is 7.63. The van der Waals surface area contributed by atoms with E-state index in [-0.39, 0.29) is 11.9 Å². The van der Waals surface area contributed by atoms with Crippen LogP contribution >= 0.6 is 11.8 Å². The van der Waals surface area contributed by atoms with Crippen LogP contribution in [0.15, 0.2) is 0 Å². The van der Waals surface area contributed by atoms with E-state index in [4.69, 9.17) is 0 Å². The minimum absolute atomic E-state index is 0.141. The highest BCUT2D eigenvalue weighted by atomic mass is 32.2. The van der Waals surface area contributed by atoms with Crippen molar-refractivity contribution in [2.45, 2.75) is 26.3 Å². The highest BCUT2D eigenvalue weighted by molar-refractivity contribution is 7.99. The monoisotopic (exact) mass is 259 g/mol. The van der Waals surface area contributed by atoms with Gasteiger partial charge in [-0.05, 0) is 13.8 Å². The van der Waals surface area contributed by atoms with Crippen LogP contribution < -0.4 is 10.6 Å².